The van der Waals surface area contributed by atoms with E-state index in [4.69, 9.17) is 46.4 Å². The number of carbonyl (C=O) groups is 4. The Morgan fingerprint density at radius 3 is 1.27 bits per heavy atom. The number of nitriles is 2. The zero-order valence-corrected chi connectivity index (χ0v) is 46.7. The highest BCUT2D eigenvalue weighted by Gasteiger charge is 2.36. The molecule has 0 saturated carbocycles. The lowest BCUT2D eigenvalue weighted by molar-refractivity contribution is -0.141. The summed E-state index contributed by atoms with van der Waals surface area (Å²) >= 11 is 24.4. The minimum atomic E-state index is -0.771. The van der Waals surface area contributed by atoms with E-state index in [1.165, 1.54) is 0 Å². The van der Waals surface area contributed by atoms with E-state index < -0.39 is 11.1 Å². The Labute approximate surface area is 472 Å². The summed E-state index contributed by atoms with van der Waals surface area (Å²) in [6.07, 6.45) is 4.77. The number of rotatable bonds is 17. The average molecular weight is 1110 g/mol. The molecule has 2 N–H and O–H groups in total. The Hall–Kier alpha value is -6.74. The highest BCUT2D eigenvalue weighted by molar-refractivity contribution is 6.35. The maximum absolute atomic E-state index is 13.6. The molecule has 0 aliphatic carbocycles. The van der Waals surface area contributed by atoms with E-state index in [1.807, 2.05) is 113 Å². The first-order valence-corrected chi connectivity index (χ1v) is 27.1. The summed E-state index contributed by atoms with van der Waals surface area (Å²) in [6, 6.07) is 44.7. The van der Waals surface area contributed by atoms with Crippen molar-refractivity contribution >= 4 is 81.4 Å². The number of likely N-dealkylation sites (tertiary alicyclic amines) is 2. The molecular formula is C61H62Cl4N8O4. The van der Waals surface area contributed by atoms with Crippen molar-refractivity contribution in [2.75, 3.05) is 63.0 Å². The van der Waals surface area contributed by atoms with Crippen LogP contribution in [-0.2, 0) is 30.3 Å². The second-order valence-electron chi connectivity index (χ2n) is 20.3. The van der Waals surface area contributed by atoms with E-state index in [1.54, 1.807) is 58.3 Å². The number of hydrogen-bond acceptors (Lipinski definition) is 8. The van der Waals surface area contributed by atoms with Crippen molar-refractivity contribution in [1.82, 2.24) is 19.6 Å². The van der Waals surface area contributed by atoms with Gasteiger partial charge in [-0.1, -0.05) is 119 Å². The molecule has 12 nitrogen and oxygen atoms in total. The van der Waals surface area contributed by atoms with Crippen LogP contribution in [0.1, 0.15) is 82.1 Å². The van der Waals surface area contributed by atoms with Gasteiger partial charge >= 0.3 is 0 Å². The summed E-state index contributed by atoms with van der Waals surface area (Å²) < 4.78 is 0. The van der Waals surface area contributed by atoms with E-state index in [9.17, 15) is 29.7 Å². The zero-order chi connectivity index (χ0) is 55.3. The molecule has 2 saturated heterocycles. The number of nitrogens with zero attached hydrogens (tertiary/aromatic N) is 6. The number of carbonyl (C=O) groups excluding carboxylic acids is 4. The quantitative estimate of drug-likeness (QED) is 0.0915. The fourth-order valence-corrected chi connectivity index (χ4v) is 10.8. The molecule has 2 heterocycles. The fourth-order valence-electron chi connectivity index (χ4n) is 9.74. The van der Waals surface area contributed by atoms with E-state index in [0.717, 1.165) is 85.2 Å². The lowest BCUT2D eigenvalue weighted by atomic mass is 9.90. The summed E-state index contributed by atoms with van der Waals surface area (Å²) in [4.78, 5) is 61.2. The first-order chi connectivity index (χ1) is 36.8. The lowest BCUT2D eigenvalue weighted by Crippen LogP contribution is -2.52. The molecule has 398 valence electrons. The van der Waals surface area contributed by atoms with E-state index in [2.05, 4.69) is 32.6 Å². The first kappa shape index (κ1) is 58.0. The third-order valence-corrected chi connectivity index (χ3v) is 15.0. The summed E-state index contributed by atoms with van der Waals surface area (Å²) in [7, 11) is 0. The topological polar surface area (TPSA) is 153 Å². The molecule has 0 bridgehead atoms. The van der Waals surface area contributed by atoms with E-state index in [-0.39, 0.29) is 43.3 Å². The van der Waals surface area contributed by atoms with E-state index >= 15 is 0 Å². The Morgan fingerprint density at radius 2 is 0.883 bits per heavy atom. The Balaban J connectivity index is 0.000000224. The molecule has 16 heteroatoms. The number of benzene rings is 6. The van der Waals surface area contributed by atoms with Crippen LogP contribution in [0.4, 0.5) is 11.4 Å². The van der Waals surface area contributed by atoms with Crippen molar-refractivity contribution in [3.8, 4) is 34.4 Å². The van der Waals surface area contributed by atoms with Gasteiger partial charge in [0.25, 0.3) is 0 Å². The maximum Gasteiger partial charge on any atom is 0.244 e. The molecular weight excluding hydrogens is 1050 g/mol. The van der Waals surface area contributed by atoms with E-state index in [0.29, 0.717) is 55.6 Å². The van der Waals surface area contributed by atoms with Gasteiger partial charge in [-0.25, -0.2) is 0 Å². The molecule has 0 radical (unpaired) electrons. The van der Waals surface area contributed by atoms with Crippen molar-refractivity contribution in [2.45, 2.75) is 70.9 Å². The van der Waals surface area contributed by atoms with Crippen LogP contribution in [0.5, 0.6) is 0 Å². The predicted octanol–water partition coefficient (Wildman–Crippen LogP) is 13.1. The lowest BCUT2D eigenvalue weighted by Gasteiger charge is -2.39. The highest BCUT2D eigenvalue weighted by atomic mass is 35.5. The van der Waals surface area contributed by atoms with Crippen LogP contribution in [0.3, 0.4) is 0 Å². The highest BCUT2D eigenvalue weighted by Crippen LogP contribution is 2.34. The second kappa shape index (κ2) is 26.5. The summed E-state index contributed by atoms with van der Waals surface area (Å²) in [6.45, 7) is 12.2. The van der Waals surface area contributed by atoms with Crippen LogP contribution in [0, 0.1) is 22.7 Å². The number of hydrogen-bond donors (Lipinski definition) is 2. The van der Waals surface area contributed by atoms with Crippen LogP contribution >= 0.6 is 46.4 Å². The number of anilines is 2. The number of halogens is 4. The molecule has 0 spiro atoms. The SMILES string of the molecule is CC(C)(c1ccc(-c2cccc(C#N)c2)cc1)N(CC(=O)Nc1cc(Cl)cc(Cl)c1)C(=O)CCN1CCCC1.CC(C)(c1ccc(-c2cccc(C#N)c2)cc1)N(CC(=O)Nc1cc(Cl)cc(Cl)c1)C(=O)CN1CCCC1. The predicted molar refractivity (Wildman–Crippen MR) is 309 cm³/mol. The standard InChI is InChI=1S/C31H32Cl2N4O2.C30H30Cl2N4O2/c1-31(2,25-10-8-23(9-11-25)24-7-5-6-22(16-24)20-34)37(30(39)12-15-36-13-3-4-14-36)21-29(38)35-28-18-26(32)17-27(33)19-28;1-30(2,24-10-8-22(9-11-24)23-7-5-6-21(14-23)18-33)36(29(38)20-35-12-3-4-13-35)19-28(37)34-27-16-25(31)15-26(32)17-27/h5-11,16-19H,3-4,12-15,21H2,1-2H3,(H,35,38);5-11,14-17H,3-4,12-13,19-20H2,1-2H3,(H,34,37). The van der Waals surface area contributed by atoms with Crippen LogP contribution in [0.2, 0.25) is 20.1 Å². The smallest absolute Gasteiger partial charge is 0.244 e. The third-order valence-electron chi connectivity index (χ3n) is 14.1. The van der Waals surface area contributed by atoms with Gasteiger partial charge in [-0.15, -0.1) is 0 Å². The zero-order valence-electron chi connectivity index (χ0n) is 43.7. The molecule has 4 amide bonds. The van der Waals surface area contributed by atoms with Crippen LogP contribution in [-0.4, -0.2) is 95.6 Å². The van der Waals surface area contributed by atoms with Gasteiger partial charge in [-0.2, -0.15) is 10.5 Å². The molecule has 77 heavy (non-hydrogen) atoms. The van der Waals surface area contributed by atoms with Gasteiger partial charge < -0.3 is 25.3 Å². The molecule has 2 aliphatic rings. The van der Waals surface area contributed by atoms with Gasteiger partial charge in [-0.05, 0) is 174 Å². The third kappa shape index (κ3) is 15.9. The van der Waals surface area contributed by atoms with Crippen LogP contribution in [0.15, 0.2) is 133 Å². The summed E-state index contributed by atoms with van der Waals surface area (Å²) in [5.74, 6) is -0.865. The van der Waals surface area contributed by atoms with Crippen molar-refractivity contribution in [2.24, 2.45) is 0 Å². The average Bonchev–Trinajstić information content (AvgIpc) is 4.14. The molecule has 2 aliphatic heterocycles. The molecule has 0 unspecified atom stereocenters. The summed E-state index contributed by atoms with van der Waals surface area (Å²) in [5.41, 5.74) is 6.21. The normalized spacial score (nSPS) is 13.6. The molecule has 8 rings (SSSR count). The number of amides is 4. The van der Waals surface area contributed by atoms with Crippen molar-refractivity contribution in [3.63, 3.8) is 0 Å². The van der Waals surface area contributed by atoms with Crippen molar-refractivity contribution < 1.29 is 19.2 Å². The van der Waals surface area contributed by atoms with Gasteiger partial charge in [-0.3, -0.25) is 24.1 Å². The van der Waals surface area contributed by atoms with Crippen molar-refractivity contribution in [3.05, 3.63) is 176 Å². The largest absolute Gasteiger partial charge is 0.324 e. The first-order valence-electron chi connectivity index (χ1n) is 25.6. The minimum absolute atomic E-state index is 0.0861. The Kier molecular flexibility index (Phi) is 20.0. The molecule has 0 aromatic heterocycles. The van der Waals surface area contributed by atoms with Gasteiger partial charge in [0.2, 0.25) is 23.6 Å². The monoisotopic (exact) mass is 1110 g/mol. The summed E-state index contributed by atoms with van der Waals surface area (Å²) in [5, 5.41) is 25.8. The van der Waals surface area contributed by atoms with Gasteiger partial charge in [0.05, 0.1) is 40.9 Å². The maximum atomic E-state index is 13.6. The van der Waals surface area contributed by atoms with Gasteiger partial charge in [0, 0.05) is 44.4 Å². The Morgan fingerprint density at radius 1 is 0.506 bits per heavy atom. The minimum Gasteiger partial charge on any atom is -0.324 e. The van der Waals surface area contributed by atoms with Gasteiger partial charge in [0.15, 0.2) is 0 Å². The van der Waals surface area contributed by atoms with Crippen LogP contribution in [0.25, 0.3) is 22.3 Å². The molecule has 0 atom stereocenters. The number of nitrogens with one attached hydrogen (secondary N) is 2. The fraction of sp³-hybridized carbons (Fsp3) is 0.311. The molecule has 6 aromatic rings. The Bertz CT molecular complexity index is 3120. The van der Waals surface area contributed by atoms with Crippen LogP contribution < -0.4 is 10.6 Å². The molecule has 2 fully saturated rings. The second-order valence-corrected chi connectivity index (χ2v) is 22.1. The van der Waals surface area contributed by atoms with Gasteiger partial charge in [0.1, 0.15) is 13.1 Å². The molecule has 6 aromatic carbocycles. The van der Waals surface area contributed by atoms with Crippen molar-refractivity contribution in [1.29, 1.82) is 10.5 Å².